The van der Waals surface area contributed by atoms with Crippen LogP contribution in [0.1, 0.15) is 69.3 Å². The number of carbonyl (C=O) groups excluding carboxylic acids is 3. The normalized spacial score (nSPS) is 19.7. The summed E-state index contributed by atoms with van der Waals surface area (Å²) in [7, 11) is 0. The number of aromatic nitrogens is 2. The Bertz CT molecular complexity index is 1200. The first-order valence-corrected chi connectivity index (χ1v) is 13.0. The fourth-order valence-corrected chi connectivity index (χ4v) is 4.98. The number of anilines is 1. The molecule has 1 saturated heterocycles. The Balaban J connectivity index is 1.36. The average molecular weight is 528 g/mol. The lowest BCUT2D eigenvalue weighted by atomic mass is 10.1. The molecule has 198 valence electrons. The molecule has 0 spiro atoms. The molecule has 1 aromatic carbocycles. The van der Waals surface area contributed by atoms with Crippen LogP contribution in [0.25, 0.3) is 0 Å². The number of likely N-dealkylation sites (tertiary alicyclic amines) is 1. The van der Waals surface area contributed by atoms with E-state index >= 15 is 0 Å². The lowest BCUT2D eigenvalue weighted by Gasteiger charge is -2.32. The summed E-state index contributed by atoms with van der Waals surface area (Å²) >= 11 is 6.17. The molecule has 3 heterocycles. The SMILES string of the molecule is C[C@H]1CN(C(=O)/C=C/CC2CCCN2C(=O)OC(C)(C)C)Cc2ncc(C(=O)Nc3ccccc3Cl)n21. The Hall–Kier alpha value is -3.33. The molecule has 0 bridgehead atoms. The summed E-state index contributed by atoms with van der Waals surface area (Å²) < 4.78 is 7.39. The van der Waals surface area contributed by atoms with Gasteiger partial charge in [-0.25, -0.2) is 9.78 Å². The van der Waals surface area contributed by atoms with Crippen LogP contribution >= 0.6 is 11.6 Å². The summed E-state index contributed by atoms with van der Waals surface area (Å²) in [6, 6.07) is 6.94. The number of fused-ring (bicyclic) bond motifs is 1. The van der Waals surface area contributed by atoms with Gasteiger partial charge in [0.1, 0.15) is 17.1 Å². The van der Waals surface area contributed by atoms with Crippen LogP contribution in [0.5, 0.6) is 0 Å². The van der Waals surface area contributed by atoms with Gasteiger partial charge >= 0.3 is 6.09 Å². The minimum atomic E-state index is -0.540. The maximum absolute atomic E-state index is 13.0. The number of carbonyl (C=O) groups is 3. The summed E-state index contributed by atoms with van der Waals surface area (Å²) in [4.78, 5) is 46.3. The van der Waals surface area contributed by atoms with Gasteiger partial charge in [0.15, 0.2) is 0 Å². The van der Waals surface area contributed by atoms with E-state index in [4.69, 9.17) is 16.3 Å². The van der Waals surface area contributed by atoms with Gasteiger partial charge in [-0.1, -0.05) is 29.8 Å². The third-order valence-corrected chi connectivity index (χ3v) is 6.80. The fourth-order valence-electron chi connectivity index (χ4n) is 4.80. The van der Waals surface area contributed by atoms with Crippen molar-refractivity contribution in [2.24, 2.45) is 0 Å². The van der Waals surface area contributed by atoms with Crippen molar-refractivity contribution in [3.8, 4) is 0 Å². The molecule has 2 aliphatic heterocycles. The van der Waals surface area contributed by atoms with Gasteiger partial charge in [-0.05, 0) is 65.2 Å². The molecule has 0 radical (unpaired) electrons. The highest BCUT2D eigenvalue weighted by Crippen LogP contribution is 2.26. The van der Waals surface area contributed by atoms with Crippen LogP contribution in [0.3, 0.4) is 0 Å². The van der Waals surface area contributed by atoms with E-state index in [1.54, 1.807) is 40.1 Å². The summed E-state index contributed by atoms with van der Waals surface area (Å²) in [6.45, 7) is 8.94. The maximum atomic E-state index is 13.0. The van der Waals surface area contributed by atoms with Gasteiger partial charge in [0.05, 0.1) is 29.5 Å². The molecule has 1 aromatic heterocycles. The lowest BCUT2D eigenvalue weighted by molar-refractivity contribution is -0.128. The van der Waals surface area contributed by atoms with Gasteiger partial charge in [0.25, 0.3) is 5.91 Å². The number of nitrogens with one attached hydrogen (secondary N) is 1. The van der Waals surface area contributed by atoms with Crippen molar-refractivity contribution >= 4 is 35.2 Å². The van der Waals surface area contributed by atoms with Crippen molar-refractivity contribution in [3.63, 3.8) is 0 Å². The summed E-state index contributed by atoms with van der Waals surface area (Å²) in [5.74, 6) is 0.228. The number of hydrogen-bond donors (Lipinski definition) is 1. The molecule has 0 saturated carbocycles. The summed E-state index contributed by atoms with van der Waals surface area (Å²) in [5, 5.41) is 3.29. The van der Waals surface area contributed by atoms with Gasteiger partial charge in [0, 0.05) is 19.1 Å². The van der Waals surface area contributed by atoms with E-state index in [0.717, 1.165) is 12.8 Å². The molecule has 10 heteroatoms. The Morgan fingerprint density at radius 3 is 2.73 bits per heavy atom. The van der Waals surface area contributed by atoms with Crippen molar-refractivity contribution in [3.05, 3.63) is 59.2 Å². The van der Waals surface area contributed by atoms with E-state index in [9.17, 15) is 14.4 Å². The fraction of sp³-hybridized carbons (Fsp3) is 0.481. The van der Waals surface area contributed by atoms with Crippen molar-refractivity contribution in [2.75, 3.05) is 18.4 Å². The summed E-state index contributed by atoms with van der Waals surface area (Å²) in [5.41, 5.74) is 0.415. The second kappa shape index (κ2) is 11.0. The Morgan fingerprint density at radius 1 is 1.24 bits per heavy atom. The molecule has 2 aromatic rings. The summed E-state index contributed by atoms with van der Waals surface area (Å²) in [6.07, 6.45) is 7.04. The quantitative estimate of drug-likeness (QED) is 0.549. The predicted molar refractivity (Wildman–Crippen MR) is 141 cm³/mol. The zero-order valence-electron chi connectivity index (χ0n) is 21.7. The molecule has 1 unspecified atom stereocenters. The first-order valence-electron chi connectivity index (χ1n) is 12.6. The van der Waals surface area contributed by atoms with E-state index in [1.807, 2.05) is 38.3 Å². The van der Waals surface area contributed by atoms with Gasteiger partial charge in [-0.15, -0.1) is 0 Å². The zero-order valence-corrected chi connectivity index (χ0v) is 22.5. The minimum absolute atomic E-state index is 0.0252. The van der Waals surface area contributed by atoms with Crippen LogP contribution in [0.15, 0.2) is 42.6 Å². The molecular weight excluding hydrogens is 494 g/mol. The Morgan fingerprint density at radius 2 is 2.00 bits per heavy atom. The van der Waals surface area contributed by atoms with Crippen LogP contribution in [0.2, 0.25) is 5.02 Å². The van der Waals surface area contributed by atoms with Crippen LogP contribution < -0.4 is 5.32 Å². The van der Waals surface area contributed by atoms with Crippen molar-refractivity contribution in [1.29, 1.82) is 0 Å². The number of hydrogen-bond acceptors (Lipinski definition) is 5. The monoisotopic (exact) mass is 527 g/mol. The molecule has 0 aliphatic carbocycles. The van der Waals surface area contributed by atoms with Gasteiger partial charge in [0.2, 0.25) is 5.91 Å². The van der Waals surface area contributed by atoms with Crippen molar-refractivity contribution < 1.29 is 19.1 Å². The highest BCUT2D eigenvalue weighted by atomic mass is 35.5. The second-order valence-electron chi connectivity index (χ2n) is 10.5. The third-order valence-electron chi connectivity index (χ3n) is 6.47. The molecule has 2 atom stereocenters. The minimum Gasteiger partial charge on any atom is -0.444 e. The number of para-hydroxylation sites is 1. The topological polar surface area (TPSA) is 96.8 Å². The molecule has 3 amide bonds. The van der Waals surface area contributed by atoms with Crippen LogP contribution in [-0.2, 0) is 16.1 Å². The molecule has 2 aliphatic rings. The largest absolute Gasteiger partial charge is 0.444 e. The standard InChI is InChI=1S/C27H34ClN5O4/c1-18-16-31(24(34)13-7-9-19-10-8-14-32(19)26(36)37-27(2,3)4)17-23-29-15-22(33(18)23)25(35)30-21-12-6-5-11-20(21)28/h5-7,11-13,15,18-19H,8-10,14,16-17H2,1-4H3,(H,30,35)/b13-7+/t18-,19?/m0/s1. The second-order valence-corrected chi connectivity index (χ2v) is 10.9. The molecular formula is C27H34ClN5O4. The van der Waals surface area contributed by atoms with Crippen molar-refractivity contribution in [1.82, 2.24) is 19.4 Å². The van der Waals surface area contributed by atoms with Crippen LogP contribution in [0, 0.1) is 0 Å². The van der Waals surface area contributed by atoms with Crippen molar-refractivity contribution in [2.45, 2.75) is 71.2 Å². The number of amides is 3. The molecule has 1 N–H and O–H groups in total. The first-order chi connectivity index (χ1) is 17.5. The number of imidazole rings is 1. The number of ether oxygens (including phenoxy) is 1. The van der Waals surface area contributed by atoms with Gasteiger partial charge < -0.3 is 24.4 Å². The highest BCUT2D eigenvalue weighted by Gasteiger charge is 2.32. The predicted octanol–water partition coefficient (Wildman–Crippen LogP) is 5.04. The lowest BCUT2D eigenvalue weighted by Crippen LogP contribution is -2.41. The van der Waals surface area contributed by atoms with Crippen LogP contribution in [-0.4, -0.2) is 62.0 Å². The number of benzene rings is 1. The van der Waals surface area contributed by atoms with E-state index < -0.39 is 5.60 Å². The van der Waals surface area contributed by atoms with E-state index in [1.165, 1.54) is 6.20 Å². The molecule has 9 nitrogen and oxygen atoms in total. The maximum Gasteiger partial charge on any atom is 0.410 e. The molecule has 1 fully saturated rings. The number of halogens is 1. The number of rotatable bonds is 5. The smallest absolute Gasteiger partial charge is 0.410 e. The Kier molecular flexibility index (Phi) is 7.92. The first kappa shape index (κ1) is 26.7. The molecule has 37 heavy (non-hydrogen) atoms. The molecule has 4 rings (SSSR count). The average Bonchev–Trinajstić information content (AvgIpc) is 3.47. The van der Waals surface area contributed by atoms with E-state index in [2.05, 4.69) is 10.3 Å². The van der Waals surface area contributed by atoms with Gasteiger partial charge in [-0.3, -0.25) is 9.59 Å². The van der Waals surface area contributed by atoms with E-state index in [-0.39, 0.29) is 30.0 Å². The third kappa shape index (κ3) is 6.33. The Labute approximate surface area is 222 Å². The van der Waals surface area contributed by atoms with E-state index in [0.29, 0.717) is 48.3 Å². The zero-order chi connectivity index (χ0) is 26.7. The number of nitrogens with zero attached hydrogens (tertiary/aromatic N) is 4. The highest BCUT2D eigenvalue weighted by molar-refractivity contribution is 6.33. The van der Waals surface area contributed by atoms with Gasteiger partial charge in [-0.2, -0.15) is 0 Å². The van der Waals surface area contributed by atoms with Crippen LogP contribution in [0.4, 0.5) is 10.5 Å².